The number of unbranched alkanes of at least 4 members (excludes halogenated alkanes) is 2. The summed E-state index contributed by atoms with van der Waals surface area (Å²) in [7, 11) is 1.36. The molecule has 4 fully saturated rings. The van der Waals surface area contributed by atoms with Gasteiger partial charge in [0.15, 0.2) is 31.3 Å². The van der Waals surface area contributed by atoms with Gasteiger partial charge in [0.1, 0.15) is 30.5 Å². The lowest BCUT2D eigenvalue weighted by molar-refractivity contribution is -0.353. The highest BCUT2D eigenvalue weighted by Crippen LogP contribution is 2.36. The Kier molecular flexibility index (Phi) is 20.7. The molecule has 14 atom stereocenters. The number of methoxy groups -OCH3 is 1. The van der Waals surface area contributed by atoms with Crippen LogP contribution in [0.4, 0.5) is 0 Å². The lowest BCUT2D eigenvalue weighted by Gasteiger charge is -2.50. The van der Waals surface area contributed by atoms with Crippen molar-refractivity contribution < 1.29 is 76.0 Å². The van der Waals surface area contributed by atoms with E-state index in [1.807, 2.05) is 128 Å². The molecule has 0 aromatic heterocycles. The van der Waals surface area contributed by atoms with Crippen molar-refractivity contribution in [3.63, 3.8) is 0 Å². The van der Waals surface area contributed by atoms with Crippen LogP contribution in [0.15, 0.2) is 121 Å². The van der Waals surface area contributed by atoms with Crippen molar-refractivity contribution in [1.82, 2.24) is 10.6 Å². The largest absolute Gasteiger partial charge is 0.469 e. The predicted octanol–water partition coefficient (Wildman–Crippen LogP) is 6.69. The first-order valence-corrected chi connectivity index (χ1v) is 25.9. The summed E-state index contributed by atoms with van der Waals surface area (Å²) in [5, 5.41) is 6.32. The third-order valence-electron chi connectivity index (χ3n) is 13.5. The summed E-state index contributed by atoms with van der Waals surface area (Å²) in [6, 6.07) is 36.0. The summed E-state index contributed by atoms with van der Waals surface area (Å²) in [4.78, 5) is 53.9. The van der Waals surface area contributed by atoms with E-state index in [9.17, 15) is 19.2 Å². The Morgan fingerprint density at radius 2 is 1.01 bits per heavy atom. The number of esters is 2. The molecule has 4 aliphatic rings. The number of nitrogens with one attached hydrogen (secondary N) is 2. The lowest BCUT2D eigenvalue weighted by Crippen LogP contribution is -2.69. The van der Waals surface area contributed by atoms with Crippen LogP contribution in [0.25, 0.3) is 0 Å². The van der Waals surface area contributed by atoms with Gasteiger partial charge < -0.3 is 67.5 Å². The molecular weight excluding hydrogens is 969 g/mol. The van der Waals surface area contributed by atoms with Gasteiger partial charge in [0.2, 0.25) is 11.8 Å². The van der Waals surface area contributed by atoms with Gasteiger partial charge in [-0.25, -0.2) is 0 Å². The molecule has 4 heterocycles. The van der Waals surface area contributed by atoms with Gasteiger partial charge in [0.25, 0.3) is 0 Å². The highest BCUT2D eigenvalue weighted by Gasteiger charge is 2.54. The zero-order valence-corrected chi connectivity index (χ0v) is 42.9. The highest BCUT2D eigenvalue weighted by atomic mass is 16.8. The average molecular weight is 1040 g/mol. The molecule has 0 spiro atoms. The summed E-state index contributed by atoms with van der Waals surface area (Å²) in [5.41, 5.74) is 3.22. The SMILES string of the molecule is COC(=O)CCCCCO[C@H]1O[C@H](C)[C@@H](NC(=O)[C@H]2CCO[C@@H](c3ccccc3)O2)[C@H](OCc2ccccc2)[C@@H]1O[C@H]1O[C@H](C)[C@@H](NC(=O)[C@H]2CCO[C@@H](c3ccccc3)O2)[C@H](OCc2ccccc2)[C@@H]1OC(C)=O. The van der Waals surface area contributed by atoms with E-state index in [1.165, 1.54) is 14.0 Å². The van der Waals surface area contributed by atoms with Gasteiger partial charge in [0, 0.05) is 43.9 Å². The second kappa shape index (κ2) is 27.9. The van der Waals surface area contributed by atoms with Crippen LogP contribution in [0.1, 0.15) is 94.1 Å². The average Bonchev–Trinajstić information content (AvgIpc) is 3.45. The molecule has 0 bridgehead atoms. The third kappa shape index (κ3) is 15.5. The minimum Gasteiger partial charge on any atom is -0.469 e. The Hall–Kier alpha value is -5.64. The Bertz CT molecular complexity index is 2390. The highest BCUT2D eigenvalue weighted by molar-refractivity contribution is 5.82. The maximum Gasteiger partial charge on any atom is 0.305 e. The van der Waals surface area contributed by atoms with Gasteiger partial charge in [-0.2, -0.15) is 0 Å². The topological polar surface area (TPSA) is 203 Å². The minimum atomic E-state index is -1.38. The van der Waals surface area contributed by atoms with Crippen molar-refractivity contribution >= 4 is 23.8 Å². The molecule has 404 valence electrons. The monoisotopic (exact) mass is 1040 g/mol. The van der Waals surface area contributed by atoms with Gasteiger partial charge >= 0.3 is 11.9 Å². The molecule has 2 N–H and O–H groups in total. The van der Waals surface area contributed by atoms with Gasteiger partial charge in [0.05, 0.1) is 57.8 Å². The smallest absolute Gasteiger partial charge is 0.305 e. The minimum absolute atomic E-state index is 0.0705. The van der Waals surface area contributed by atoms with Crippen LogP contribution < -0.4 is 10.6 Å². The van der Waals surface area contributed by atoms with E-state index >= 15 is 0 Å². The summed E-state index contributed by atoms with van der Waals surface area (Å²) in [6.45, 7) is 5.78. The number of hydrogen-bond acceptors (Lipinski definition) is 16. The van der Waals surface area contributed by atoms with Crippen LogP contribution in [-0.4, -0.2) is 124 Å². The second-order valence-corrected chi connectivity index (χ2v) is 19.0. The van der Waals surface area contributed by atoms with Crippen LogP contribution >= 0.6 is 0 Å². The van der Waals surface area contributed by atoms with Crippen molar-refractivity contribution in [3.8, 4) is 0 Å². The quantitative estimate of drug-likeness (QED) is 0.0622. The van der Waals surface area contributed by atoms with E-state index in [4.69, 9.17) is 56.8 Å². The van der Waals surface area contributed by atoms with Gasteiger partial charge in [-0.1, -0.05) is 128 Å². The molecular formula is C57H70N2O16. The Morgan fingerprint density at radius 3 is 1.49 bits per heavy atom. The molecule has 0 saturated carbocycles. The lowest BCUT2D eigenvalue weighted by atomic mass is 9.94. The second-order valence-electron chi connectivity index (χ2n) is 19.0. The van der Waals surface area contributed by atoms with E-state index in [1.54, 1.807) is 6.92 Å². The summed E-state index contributed by atoms with van der Waals surface area (Å²) < 4.78 is 75.9. The number of carbonyl (C=O) groups is 4. The first kappa shape index (κ1) is 55.6. The predicted molar refractivity (Wildman–Crippen MR) is 269 cm³/mol. The van der Waals surface area contributed by atoms with Crippen LogP contribution in [0.3, 0.4) is 0 Å². The molecule has 0 unspecified atom stereocenters. The fourth-order valence-electron chi connectivity index (χ4n) is 9.58. The van der Waals surface area contributed by atoms with Gasteiger partial charge in [-0.05, 0) is 37.8 Å². The molecule has 4 saturated heterocycles. The third-order valence-corrected chi connectivity index (χ3v) is 13.5. The van der Waals surface area contributed by atoms with E-state index in [2.05, 4.69) is 10.6 Å². The molecule has 0 aliphatic carbocycles. The maximum atomic E-state index is 14.4. The first-order valence-electron chi connectivity index (χ1n) is 25.9. The van der Waals surface area contributed by atoms with Crippen molar-refractivity contribution in [2.75, 3.05) is 26.9 Å². The van der Waals surface area contributed by atoms with Crippen molar-refractivity contribution in [2.24, 2.45) is 0 Å². The summed E-state index contributed by atoms with van der Waals surface area (Å²) >= 11 is 0. The maximum absolute atomic E-state index is 14.4. The van der Waals surface area contributed by atoms with Crippen LogP contribution in [0, 0.1) is 0 Å². The van der Waals surface area contributed by atoms with Crippen molar-refractivity contribution in [3.05, 3.63) is 144 Å². The number of ether oxygens (including phenoxy) is 12. The number of hydrogen-bond donors (Lipinski definition) is 2. The molecule has 2 amide bonds. The number of rotatable bonds is 22. The standard InChI is InChI=1S/C57H70N2O16/c1-36-46(58-52(62)43-29-32-66-54(73-43)41-24-14-7-15-25-41)48(68-34-39-20-10-5-11-21-39)50(56(70-36)65-31-19-9-18-28-45(61)64-4)75-57-51(72-38(3)60)49(69-35-40-22-12-6-13-23-40)47(37(2)71-57)59-53(63)44-30-33-67-55(74-44)42-26-16-8-17-27-42/h5-8,10-17,20-27,36-37,43-44,46-51,54-57H,9,18-19,28-35H2,1-4H3,(H,58,62)(H,59,63)/t36-,37-,43-,44-,46-,47-,48+,49+,50+,51+,54-,55-,56+,57-/m1/s1. The van der Waals surface area contributed by atoms with Crippen LogP contribution in [0.2, 0.25) is 0 Å². The Labute approximate surface area is 438 Å². The molecule has 4 aliphatic heterocycles. The van der Waals surface area contributed by atoms with Crippen molar-refractivity contribution in [1.29, 1.82) is 0 Å². The van der Waals surface area contributed by atoms with E-state index in [0.29, 0.717) is 25.7 Å². The van der Waals surface area contributed by atoms with E-state index < -0.39 is 104 Å². The summed E-state index contributed by atoms with van der Waals surface area (Å²) in [6.07, 6.45) is -9.21. The Morgan fingerprint density at radius 1 is 0.547 bits per heavy atom. The fourth-order valence-corrected chi connectivity index (χ4v) is 9.58. The zero-order valence-electron chi connectivity index (χ0n) is 42.9. The Balaban J connectivity index is 1.09. The fraction of sp³-hybridized carbons (Fsp3) is 0.509. The normalized spacial score (nSPS) is 29.9. The van der Waals surface area contributed by atoms with E-state index in [-0.39, 0.29) is 51.8 Å². The number of carbonyl (C=O) groups excluding carboxylic acids is 4. The molecule has 8 rings (SSSR count). The summed E-state index contributed by atoms with van der Waals surface area (Å²) in [5.74, 6) is -1.80. The molecule has 75 heavy (non-hydrogen) atoms. The van der Waals surface area contributed by atoms with E-state index in [0.717, 1.165) is 22.3 Å². The molecule has 18 heteroatoms. The van der Waals surface area contributed by atoms with Crippen LogP contribution in [-0.2, 0) is 89.2 Å². The molecule has 4 aromatic carbocycles. The molecule has 0 radical (unpaired) electrons. The van der Waals surface area contributed by atoms with Crippen molar-refractivity contribution in [2.45, 2.75) is 159 Å². The molecule has 4 aromatic rings. The number of benzene rings is 4. The number of amides is 2. The first-order chi connectivity index (χ1) is 36.5. The van der Waals surface area contributed by atoms with Gasteiger partial charge in [-0.15, -0.1) is 0 Å². The van der Waals surface area contributed by atoms with Crippen LogP contribution in [0.5, 0.6) is 0 Å². The van der Waals surface area contributed by atoms with Gasteiger partial charge in [-0.3, -0.25) is 19.2 Å². The molecule has 18 nitrogen and oxygen atoms in total. The zero-order chi connectivity index (χ0) is 52.5.